The summed E-state index contributed by atoms with van der Waals surface area (Å²) in [5.41, 5.74) is 2.50. The number of aliphatic imine (C=N–C) groups is 1. The molecule has 7 heteroatoms. The number of aryl methyl sites for hydroxylation is 1. The first-order valence-corrected chi connectivity index (χ1v) is 11.4. The van der Waals surface area contributed by atoms with Crippen LogP contribution in [0.4, 0.5) is 0 Å². The Balaban J connectivity index is 1.67. The Morgan fingerprint density at radius 2 is 2.14 bits per heavy atom. The molecule has 0 aromatic heterocycles. The summed E-state index contributed by atoms with van der Waals surface area (Å²) in [6.07, 6.45) is 1.22. The van der Waals surface area contributed by atoms with Crippen molar-refractivity contribution in [2.75, 3.05) is 58.0 Å². The molecule has 0 radical (unpaired) electrons. The van der Waals surface area contributed by atoms with Gasteiger partial charge in [0.15, 0.2) is 5.96 Å². The second kappa shape index (κ2) is 10.4. The van der Waals surface area contributed by atoms with Crippen LogP contribution in [0.1, 0.15) is 24.5 Å². The van der Waals surface area contributed by atoms with Crippen molar-refractivity contribution >= 4 is 17.7 Å². The molecule has 2 aliphatic rings. The Hall–Kier alpha value is -1.44. The second-order valence-corrected chi connectivity index (χ2v) is 8.60. The van der Waals surface area contributed by atoms with E-state index in [9.17, 15) is 0 Å². The van der Waals surface area contributed by atoms with Gasteiger partial charge in [0.25, 0.3) is 0 Å². The molecule has 0 amide bonds. The first kappa shape index (κ1) is 21.3. The number of ether oxygens (including phenoxy) is 2. The third-order valence-electron chi connectivity index (χ3n) is 5.54. The number of nitrogens with one attached hydrogen (secondary N) is 2. The van der Waals surface area contributed by atoms with Crippen molar-refractivity contribution in [1.82, 2.24) is 15.5 Å². The van der Waals surface area contributed by atoms with Crippen molar-refractivity contribution in [2.24, 2.45) is 4.99 Å². The molecule has 2 N–H and O–H groups in total. The quantitative estimate of drug-likeness (QED) is 0.535. The third-order valence-corrected chi connectivity index (χ3v) is 6.78. The van der Waals surface area contributed by atoms with Crippen molar-refractivity contribution < 1.29 is 9.47 Å². The van der Waals surface area contributed by atoms with E-state index in [1.807, 2.05) is 0 Å². The zero-order valence-electron chi connectivity index (χ0n) is 17.4. The van der Waals surface area contributed by atoms with Gasteiger partial charge in [-0.25, -0.2) is 4.99 Å². The minimum atomic E-state index is 0.201. The van der Waals surface area contributed by atoms with Crippen LogP contribution in [-0.2, 0) is 11.3 Å². The highest BCUT2D eigenvalue weighted by Gasteiger charge is 2.40. The maximum absolute atomic E-state index is 5.57. The van der Waals surface area contributed by atoms with Crippen molar-refractivity contribution in [2.45, 2.75) is 32.4 Å². The molecule has 28 heavy (non-hydrogen) atoms. The summed E-state index contributed by atoms with van der Waals surface area (Å²) >= 11 is 2.06. The molecule has 1 aromatic carbocycles. The molecule has 0 bridgehead atoms. The summed E-state index contributed by atoms with van der Waals surface area (Å²) in [6, 6.07) is 6.27. The Kier molecular flexibility index (Phi) is 7.88. The number of methoxy groups -OCH3 is 1. The lowest BCUT2D eigenvalue weighted by atomic mass is 9.95. The largest absolute Gasteiger partial charge is 0.496 e. The number of morpholine rings is 1. The van der Waals surface area contributed by atoms with Gasteiger partial charge in [0.2, 0.25) is 0 Å². The Labute approximate surface area is 173 Å². The van der Waals surface area contributed by atoms with Gasteiger partial charge in [-0.15, -0.1) is 0 Å². The van der Waals surface area contributed by atoms with Gasteiger partial charge in [-0.2, -0.15) is 11.8 Å². The second-order valence-electron chi connectivity index (χ2n) is 7.49. The molecular formula is C21H34N4O2S. The molecule has 156 valence electrons. The summed E-state index contributed by atoms with van der Waals surface area (Å²) in [5.74, 6) is 4.17. The molecular weight excluding hydrogens is 372 g/mol. The number of rotatable bonds is 7. The van der Waals surface area contributed by atoms with Gasteiger partial charge in [0.1, 0.15) is 5.75 Å². The first-order chi connectivity index (χ1) is 13.7. The average Bonchev–Trinajstić information content (AvgIpc) is 3.21. The van der Waals surface area contributed by atoms with Gasteiger partial charge in [0, 0.05) is 43.0 Å². The van der Waals surface area contributed by atoms with Gasteiger partial charge < -0.3 is 20.1 Å². The highest BCUT2D eigenvalue weighted by Crippen LogP contribution is 2.33. The Morgan fingerprint density at radius 3 is 2.82 bits per heavy atom. The molecule has 2 fully saturated rings. The minimum absolute atomic E-state index is 0.201. The van der Waals surface area contributed by atoms with E-state index in [2.05, 4.69) is 59.3 Å². The van der Waals surface area contributed by atoms with E-state index in [4.69, 9.17) is 14.5 Å². The van der Waals surface area contributed by atoms with Crippen LogP contribution < -0.4 is 15.4 Å². The molecule has 1 aromatic rings. The van der Waals surface area contributed by atoms with Crippen LogP contribution in [0.25, 0.3) is 0 Å². The van der Waals surface area contributed by atoms with Crippen molar-refractivity contribution in [3.05, 3.63) is 29.3 Å². The molecule has 1 atom stereocenters. The molecule has 3 rings (SSSR count). The average molecular weight is 407 g/mol. The lowest BCUT2D eigenvalue weighted by molar-refractivity contribution is -0.0120. The molecule has 2 heterocycles. The predicted molar refractivity (Wildman–Crippen MR) is 118 cm³/mol. The SMILES string of the molecule is CCNC(=NCc1ccc(C)cc1OC)NCC1(N2CCOCC2)CCSC1. The Morgan fingerprint density at radius 1 is 1.32 bits per heavy atom. The van der Waals surface area contributed by atoms with Crippen LogP contribution in [0.3, 0.4) is 0 Å². The smallest absolute Gasteiger partial charge is 0.191 e. The maximum Gasteiger partial charge on any atom is 0.191 e. The van der Waals surface area contributed by atoms with Crippen LogP contribution >= 0.6 is 11.8 Å². The summed E-state index contributed by atoms with van der Waals surface area (Å²) in [6.45, 7) is 10.3. The fourth-order valence-electron chi connectivity index (χ4n) is 3.87. The highest BCUT2D eigenvalue weighted by atomic mass is 32.2. The Bertz CT molecular complexity index is 656. The summed E-state index contributed by atoms with van der Waals surface area (Å²) in [5, 5.41) is 7.02. The molecule has 6 nitrogen and oxygen atoms in total. The van der Waals surface area contributed by atoms with E-state index in [0.29, 0.717) is 6.54 Å². The van der Waals surface area contributed by atoms with Crippen molar-refractivity contribution in [3.63, 3.8) is 0 Å². The predicted octanol–water partition coefficient (Wildman–Crippen LogP) is 2.27. The number of hydrogen-bond acceptors (Lipinski definition) is 5. The van der Waals surface area contributed by atoms with Crippen LogP contribution in [0.15, 0.2) is 23.2 Å². The van der Waals surface area contributed by atoms with Crippen LogP contribution in [0.2, 0.25) is 0 Å². The fraction of sp³-hybridized carbons (Fsp3) is 0.667. The third kappa shape index (κ3) is 5.33. The van der Waals surface area contributed by atoms with Crippen LogP contribution in [0, 0.1) is 6.92 Å². The number of thioether (sulfide) groups is 1. The molecule has 0 aliphatic carbocycles. The number of guanidine groups is 1. The monoisotopic (exact) mass is 406 g/mol. The summed E-state index contributed by atoms with van der Waals surface area (Å²) < 4.78 is 11.1. The van der Waals surface area contributed by atoms with Gasteiger partial charge in [-0.3, -0.25) is 4.90 Å². The minimum Gasteiger partial charge on any atom is -0.496 e. The normalized spacial score (nSPS) is 23.6. The summed E-state index contributed by atoms with van der Waals surface area (Å²) in [7, 11) is 1.72. The molecule has 2 aliphatic heterocycles. The molecule has 0 spiro atoms. The van der Waals surface area contributed by atoms with E-state index in [0.717, 1.165) is 56.7 Å². The number of hydrogen-bond donors (Lipinski definition) is 2. The van der Waals surface area contributed by atoms with Gasteiger partial charge in [0.05, 0.1) is 26.9 Å². The van der Waals surface area contributed by atoms with Crippen molar-refractivity contribution in [3.8, 4) is 5.75 Å². The van der Waals surface area contributed by atoms with Gasteiger partial charge >= 0.3 is 0 Å². The van der Waals surface area contributed by atoms with Gasteiger partial charge in [-0.05, 0) is 37.7 Å². The standard InChI is InChI=1S/C21H34N4O2S/c1-4-22-20(23-14-18-6-5-17(2)13-19(18)26-3)24-15-21(7-12-28-16-21)25-8-10-27-11-9-25/h5-6,13H,4,7-12,14-16H2,1-3H3,(H2,22,23,24). The van der Waals surface area contributed by atoms with E-state index in [-0.39, 0.29) is 5.54 Å². The van der Waals surface area contributed by atoms with E-state index in [1.165, 1.54) is 23.5 Å². The van der Waals surface area contributed by atoms with E-state index in [1.54, 1.807) is 7.11 Å². The zero-order valence-corrected chi connectivity index (χ0v) is 18.2. The molecule has 2 saturated heterocycles. The van der Waals surface area contributed by atoms with Crippen molar-refractivity contribution in [1.29, 1.82) is 0 Å². The topological polar surface area (TPSA) is 58.1 Å². The van der Waals surface area contributed by atoms with Crippen LogP contribution in [0.5, 0.6) is 5.75 Å². The van der Waals surface area contributed by atoms with Crippen LogP contribution in [-0.4, -0.2) is 74.4 Å². The zero-order chi connectivity index (χ0) is 19.8. The molecule has 0 saturated carbocycles. The van der Waals surface area contributed by atoms with Gasteiger partial charge in [-0.1, -0.05) is 12.1 Å². The lowest BCUT2D eigenvalue weighted by Crippen LogP contribution is -2.60. The van der Waals surface area contributed by atoms with E-state index >= 15 is 0 Å². The fourth-order valence-corrected chi connectivity index (χ4v) is 5.35. The first-order valence-electron chi connectivity index (χ1n) is 10.2. The molecule has 1 unspecified atom stereocenters. The van der Waals surface area contributed by atoms with E-state index < -0.39 is 0 Å². The highest BCUT2D eigenvalue weighted by molar-refractivity contribution is 7.99. The lowest BCUT2D eigenvalue weighted by Gasteiger charge is -2.43. The maximum atomic E-state index is 5.57. The number of nitrogens with zero attached hydrogens (tertiary/aromatic N) is 2. The number of benzene rings is 1. The summed E-state index contributed by atoms with van der Waals surface area (Å²) in [4.78, 5) is 7.44.